The molecule has 1 fully saturated rings. The zero-order valence-electron chi connectivity index (χ0n) is 9.82. The molecule has 1 aliphatic rings. The third-order valence-electron chi connectivity index (χ3n) is 2.88. The first-order valence-corrected chi connectivity index (χ1v) is 6.82. The van der Waals surface area contributed by atoms with Gasteiger partial charge in [0.15, 0.2) is 0 Å². The van der Waals surface area contributed by atoms with Crippen LogP contribution in [0.2, 0.25) is 0 Å². The summed E-state index contributed by atoms with van der Waals surface area (Å²) in [5, 5.41) is 5.64. The summed E-state index contributed by atoms with van der Waals surface area (Å²) < 4.78 is 5.48. The van der Waals surface area contributed by atoms with Crippen LogP contribution in [0.15, 0.2) is 17.5 Å². The summed E-state index contributed by atoms with van der Waals surface area (Å²) in [5.41, 5.74) is 0. The molecule has 0 bridgehead atoms. The van der Waals surface area contributed by atoms with Crippen molar-refractivity contribution in [2.24, 2.45) is 0 Å². The molecule has 1 aromatic rings. The summed E-state index contributed by atoms with van der Waals surface area (Å²) in [6.45, 7) is 8.14. The van der Waals surface area contributed by atoms with Crippen molar-refractivity contribution in [3.63, 3.8) is 0 Å². The van der Waals surface area contributed by atoms with Crippen molar-refractivity contribution in [1.82, 2.24) is 10.2 Å². The second-order valence-corrected chi connectivity index (χ2v) is 5.17. The number of rotatable bonds is 5. The lowest BCUT2D eigenvalue weighted by atomic mass is 10.2. The predicted molar refractivity (Wildman–Crippen MR) is 67.9 cm³/mol. The van der Waals surface area contributed by atoms with E-state index in [0.29, 0.717) is 6.04 Å². The van der Waals surface area contributed by atoms with E-state index in [1.807, 2.05) is 11.3 Å². The minimum Gasteiger partial charge on any atom is -0.378 e. The molecule has 1 aromatic heterocycles. The summed E-state index contributed by atoms with van der Waals surface area (Å²) in [5.74, 6) is 0. The second-order valence-electron chi connectivity index (χ2n) is 4.13. The average Bonchev–Trinajstić information content (AvgIpc) is 2.82. The Balaban J connectivity index is 1.80. The molecule has 4 heteroatoms. The molecule has 0 saturated carbocycles. The predicted octanol–water partition coefficient (Wildman–Crippen LogP) is 1.56. The number of thiophene rings is 1. The molecule has 1 aliphatic heterocycles. The van der Waals surface area contributed by atoms with Gasteiger partial charge in [-0.2, -0.15) is 0 Å². The molecule has 2 heterocycles. The highest BCUT2D eigenvalue weighted by molar-refractivity contribution is 7.09. The molecule has 1 saturated heterocycles. The van der Waals surface area contributed by atoms with Crippen molar-refractivity contribution in [3.05, 3.63) is 22.4 Å². The molecule has 1 atom stereocenters. The summed E-state index contributed by atoms with van der Waals surface area (Å²) in [4.78, 5) is 3.91. The highest BCUT2D eigenvalue weighted by Crippen LogP contribution is 2.12. The van der Waals surface area contributed by atoms with Crippen LogP contribution in [0.25, 0.3) is 0 Å². The molecule has 16 heavy (non-hydrogen) atoms. The Hall–Kier alpha value is -0.420. The molecule has 0 aromatic carbocycles. The van der Waals surface area contributed by atoms with Gasteiger partial charge in [-0.05, 0) is 18.0 Å². The first-order valence-electron chi connectivity index (χ1n) is 5.94. The van der Waals surface area contributed by atoms with Gasteiger partial charge in [0.1, 0.15) is 0 Å². The minimum atomic E-state index is 0.494. The van der Waals surface area contributed by atoms with E-state index in [-0.39, 0.29) is 0 Å². The van der Waals surface area contributed by atoms with Gasteiger partial charge in [0.05, 0.1) is 13.2 Å². The maximum absolute atomic E-state index is 5.48. The Labute approximate surface area is 101 Å². The van der Waals surface area contributed by atoms with E-state index in [9.17, 15) is 0 Å². The van der Waals surface area contributed by atoms with Crippen molar-refractivity contribution in [1.29, 1.82) is 0 Å². The van der Waals surface area contributed by atoms with Crippen LogP contribution in [0.4, 0.5) is 0 Å². The van der Waals surface area contributed by atoms with E-state index in [1.54, 1.807) is 0 Å². The van der Waals surface area contributed by atoms with Gasteiger partial charge >= 0.3 is 0 Å². The Kier molecular flexibility index (Phi) is 4.78. The molecule has 90 valence electrons. The lowest BCUT2D eigenvalue weighted by Gasteiger charge is -2.29. The van der Waals surface area contributed by atoms with Gasteiger partial charge in [-0.3, -0.25) is 4.90 Å². The lowest BCUT2D eigenvalue weighted by Crippen LogP contribution is -2.48. The van der Waals surface area contributed by atoms with Crippen LogP contribution in [0.3, 0.4) is 0 Å². The second kappa shape index (κ2) is 6.35. The number of nitrogens with zero attached hydrogens (tertiary/aromatic N) is 1. The van der Waals surface area contributed by atoms with Crippen molar-refractivity contribution >= 4 is 11.3 Å². The minimum absolute atomic E-state index is 0.494. The Bertz CT molecular complexity index is 283. The molecule has 3 nitrogen and oxygen atoms in total. The number of hydrogen-bond acceptors (Lipinski definition) is 4. The zero-order chi connectivity index (χ0) is 11.2. The first-order chi connectivity index (χ1) is 7.88. The topological polar surface area (TPSA) is 24.5 Å². The Morgan fingerprint density at radius 3 is 3.19 bits per heavy atom. The number of hydrogen-bond donors (Lipinski definition) is 1. The van der Waals surface area contributed by atoms with E-state index in [4.69, 9.17) is 4.74 Å². The van der Waals surface area contributed by atoms with Gasteiger partial charge in [0.25, 0.3) is 0 Å². The van der Waals surface area contributed by atoms with Crippen molar-refractivity contribution in [3.8, 4) is 0 Å². The first kappa shape index (κ1) is 12.0. The van der Waals surface area contributed by atoms with Crippen molar-refractivity contribution in [2.75, 3.05) is 32.8 Å². The maximum Gasteiger partial charge on any atom is 0.0632 e. The number of nitrogens with one attached hydrogen (secondary N) is 1. The Morgan fingerprint density at radius 2 is 2.56 bits per heavy atom. The van der Waals surface area contributed by atoms with Crippen LogP contribution in [-0.4, -0.2) is 43.8 Å². The fourth-order valence-corrected chi connectivity index (χ4v) is 2.72. The fourth-order valence-electron chi connectivity index (χ4n) is 1.98. The van der Waals surface area contributed by atoms with E-state index in [0.717, 1.165) is 39.4 Å². The Morgan fingerprint density at radius 1 is 1.62 bits per heavy atom. The van der Waals surface area contributed by atoms with Crippen LogP contribution in [0, 0.1) is 0 Å². The molecule has 2 rings (SSSR count). The van der Waals surface area contributed by atoms with Crippen LogP contribution in [-0.2, 0) is 11.3 Å². The van der Waals surface area contributed by atoms with E-state index < -0.39 is 0 Å². The van der Waals surface area contributed by atoms with E-state index in [1.165, 1.54) is 4.88 Å². The summed E-state index contributed by atoms with van der Waals surface area (Å²) in [6, 6.07) is 4.82. The van der Waals surface area contributed by atoms with Crippen LogP contribution >= 0.6 is 11.3 Å². The van der Waals surface area contributed by atoms with E-state index >= 15 is 0 Å². The number of morpholine rings is 1. The maximum atomic E-state index is 5.48. The smallest absolute Gasteiger partial charge is 0.0632 e. The molecule has 0 amide bonds. The SMILES string of the molecule is CCN(Cc1cccs1)CC1COCCN1. The van der Waals surface area contributed by atoms with Crippen molar-refractivity contribution < 1.29 is 4.74 Å². The van der Waals surface area contributed by atoms with Gasteiger partial charge in [-0.1, -0.05) is 13.0 Å². The third kappa shape index (κ3) is 3.56. The van der Waals surface area contributed by atoms with Crippen molar-refractivity contribution in [2.45, 2.75) is 19.5 Å². The quantitative estimate of drug-likeness (QED) is 0.845. The van der Waals surface area contributed by atoms with Gasteiger partial charge < -0.3 is 10.1 Å². The largest absolute Gasteiger partial charge is 0.378 e. The zero-order valence-corrected chi connectivity index (χ0v) is 10.6. The van der Waals surface area contributed by atoms with Gasteiger partial charge in [-0.15, -0.1) is 11.3 Å². The van der Waals surface area contributed by atoms with Gasteiger partial charge in [0.2, 0.25) is 0 Å². The van der Waals surface area contributed by atoms with Crippen LogP contribution in [0.1, 0.15) is 11.8 Å². The van der Waals surface area contributed by atoms with Gasteiger partial charge in [-0.25, -0.2) is 0 Å². The summed E-state index contributed by atoms with van der Waals surface area (Å²) in [7, 11) is 0. The van der Waals surface area contributed by atoms with E-state index in [2.05, 4.69) is 34.7 Å². The fraction of sp³-hybridized carbons (Fsp3) is 0.667. The molecule has 1 unspecified atom stereocenters. The van der Waals surface area contributed by atoms with Crippen LogP contribution in [0.5, 0.6) is 0 Å². The standard InChI is InChI=1S/C12H20N2OS/c1-2-14(9-12-4-3-7-16-12)8-11-10-15-6-5-13-11/h3-4,7,11,13H,2,5-6,8-10H2,1H3. The van der Waals surface area contributed by atoms with Crippen LogP contribution < -0.4 is 5.32 Å². The number of ether oxygens (including phenoxy) is 1. The average molecular weight is 240 g/mol. The highest BCUT2D eigenvalue weighted by Gasteiger charge is 2.16. The molecule has 0 radical (unpaired) electrons. The lowest BCUT2D eigenvalue weighted by molar-refractivity contribution is 0.0616. The highest BCUT2D eigenvalue weighted by atomic mass is 32.1. The molecular weight excluding hydrogens is 220 g/mol. The molecule has 0 aliphatic carbocycles. The molecular formula is C12H20N2OS. The third-order valence-corrected chi connectivity index (χ3v) is 3.74. The monoisotopic (exact) mass is 240 g/mol. The normalized spacial score (nSPS) is 21.5. The summed E-state index contributed by atoms with van der Waals surface area (Å²) >= 11 is 1.84. The summed E-state index contributed by atoms with van der Waals surface area (Å²) in [6.07, 6.45) is 0. The molecule has 0 spiro atoms. The molecule has 1 N–H and O–H groups in total. The van der Waals surface area contributed by atoms with Gasteiger partial charge in [0, 0.05) is 30.6 Å². The number of likely N-dealkylation sites (N-methyl/N-ethyl adjacent to an activating group) is 1.